The van der Waals surface area contributed by atoms with Crippen molar-refractivity contribution in [2.75, 3.05) is 6.54 Å². The fourth-order valence-electron chi connectivity index (χ4n) is 3.42. The topological polar surface area (TPSA) is 41.9 Å². The number of carbonyl (C=O) groups excluding carboxylic acids is 1. The smallest absolute Gasteiger partial charge is 0.254 e. The lowest BCUT2D eigenvalue weighted by atomic mass is 10.0. The van der Waals surface area contributed by atoms with Crippen LogP contribution in [0.1, 0.15) is 27.9 Å². The lowest BCUT2D eigenvalue weighted by molar-refractivity contribution is 0.0405. The highest BCUT2D eigenvalue weighted by atomic mass is 19.1. The maximum Gasteiger partial charge on any atom is 0.254 e. The molecule has 0 bridgehead atoms. The summed E-state index contributed by atoms with van der Waals surface area (Å²) in [4.78, 5) is 20.1. The highest BCUT2D eigenvalue weighted by molar-refractivity contribution is 6.01. The van der Waals surface area contributed by atoms with Crippen molar-refractivity contribution in [1.29, 1.82) is 0 Å². The van der Waals surface area contributed by atoms with Gasteiger partial charge in [-0.05, 0) is 53.6 Å². The molecular formula is C24H19F3N2O2. The summed E-state index contributed by atoms with van der Waals surface area (Å²) in [5.41, 5.74) is 2.33. The van der Waals surface area contributed by atoms with Crippen molar-refractivity contribution in [3.8, 4) is 0 Å². The van der Waals surface area contributed by atoms with Crippen molar-refractivity contribution in [2.45, 2.75) is 19.1 Å². The van der Waals surface area contributed by atoms with Gasteiger partial charge in [-0.3, -0.25) is 4.79 Å². The number of oxime groups is 1. The maximum atomic E-state index is 13.7. The number of halogens is 3. The number of hydrogen-bond acceptors (Lipinski definition) is 3. The number of hydrogen-bond donors (Lipinski definition) is 0. The number of nitrogens with zero attached hydrogens (tertiary/aromatic N) is 2. The lowest BCUT2D eigenvalue weighted by Crippen LogP contribution is -2.37. The average Bonchev–Trinajstić information content (AvgIpc) is 3.23. The summed E-state index contributed by atoms with van der Waals surface area (Å²) < 4.78 is 40.1. The predicted octanol–water partition coefficient (Wildman–Crippen LogP) is 4.94. The van der Waals surface area contributed by atoms with E-state index < -0.39 is 11.9 Å². The molecule has 4 rings (SSSR count). The molecule has 0 saturated heterocycles. The van der Waals surface area contributed by atoms with Crippen molar-refractivity contribution in [2.24, 2.45) is 5.16 Å². The van der Waals surface area contributed by atoms with E-state index in [1.807, 2.05) is 0 Å². The van der Waals surface area contributed by atoms with Gasteiger partial charge >= 0.3 is 0 Å². The van der Waals surface area contributed by atoms with Gasteiger partial charge in [-0.2, -0.15) is 0 Å². The summed E-state index contributed by atoms with van der Waals surface area (Å²) in [5, 5.41) is 4.08. The van der Waals surface area contributed by atoms with Gasteiger partial charge in [-0.25, -0.2) is 13.2 Å². The van der Waals surface area contributed by atoms with Crippen molar-refractivity contribution in [3.63, 3.8) is 0 Å². The molecule has 0 N–H and O–H groups in total. The quantitative estimate of drug-likeness (QED) is 0.563. The molecule has 1 atom stereocenters. The van der Waals surface area contributed by atoms with Crippen molar-refractivity contribution >= 4 is 11.6 Å². The van der Waals surface area contributed by atoms with Gasteiger partial charge in [0.2, 0.25) is 0 Å². The highest BCUT2D eigenvalue weighted by Crippen LogP contribution is 2.20. The van der Waals surface area contributed by atoms with Gasteiger partial charge < -0.3 is 9.74 Å². The fraction of sp³-hybridized carbons (Fsp3) is 0.167. The first-order valence-electron chi connectivity index (χ1n) is 9.76. The van der Waals surface area contributed by atoms with Gasteiger partial charge in [0.1, 0.15) is 17.5 Å². The van der Waals surface area contributed by atoms with Gasteiger partial charge in [0.05, 0.1) is 12.3 Å². The Balaban J connectivity index is 1.51. The molecule has 0 radical (unpaired) electrons. The van der Waals surface area contributed by atoms with Crippen LogP contribution in [0.4, 0.5) is 13.2 Å². The zero-order chi connectivity index (χ0) is 21.8. The zero-order valence-electron chi connectivity index (χ0n) is 16.5. The van der Waals surface area contributed by atoms with Gasteiger partial charge in [0.15, 0.2) is 6.10 Å². The molecule has 0 spiro atoms. The monoisotopic (exact) mass is 424 g/mol. The molecular weight excluding hydrogens is 405 g/mol. The van der Waals surface area contributed by atoms with Crippen LogP contribution < -0.4 is 0 Å². The highest BCUT2D eigenvalue weighted by Gasteiger charge is 2.27. The summed E-state index contributed by atoms with van der Waals surface area (Å²) in [5.74, 6) is -1.59. The predicted molar refractivity (Wildman–Crippen MR) is 110 cm³/mol. The molecule has 1 aliphatic heterocycles. The Labute approximate surface area is 177 Å². The molecule has 0 saturated carbocycles. The van der Waals surface area contributed by atoms with Gasteiger partial charge in [-0.15, -0.1) is 0 Å². The van der Waals surface area contributed by atoms with Crippen LogP contribution >= 0.6 is 0 Å². The summed E-state index contributed by atoms with van der Waals surface area (Å²) in [6, 6.07) is 17.2. The van der Waals surface area contributed by atoms with E-state index in [1.165, 1.54) is 47.4 Å². The van der Waals surface area contributed by atoms with Gasteiger partial charge in [-0.1, -0.05) is 35.5 Å². The van der Waals surface area contributed by atoms with Crippen LogP contribution in [0.15, 0.2) is 78.0 Å². The molecule has 3 aromatic rings. The van der Waals surface area contributed by atoms with Crippen LogP contribution in [0.25, 0.3) is 0 Å². The van der Waals surface area contributed by atoms with E-state index in [-0.39, 0.29) is 36.2 Å². The van der Waals surface area contributed by atoms with E-state index in [1.54, 1.807) is 30.3 Å². The number of rotatable bonds is 6. The molecule has 3 aromatic carbocycles. The minimum absolute atomic E-state index is 0.195. The zero-order valence-corrected chi connectivity index (χ0v) is 16.5. The molecule has 31 heavy (non-hydrogen) atoms. The molecule has 4 nitrogen and oxygen atoms in total. The minimum atomic E-state index is -0.508. The number of carbonyl (C=O) groups is 1. The normalized spacial score (nSPS) is 15.3. The summed E-state index contributed by atoms with van der Waals surface area (Å²) in [6.45, 7) is 0.391. The first-order chi connectivity index (χ1) is 15.0. The molecule has 1 heterocycles. The second-order valence-electron chi connectivity index (χ2n) is 7.30. The Hall–Kier alpha value is -3.61. The molecule has 0 fully saturated rings. The third-order valence-corrected chi connectivity index (χ3v) is 4.98. The lowest BCUT2D eigenvalue weighted by Gasteiger charge is -2.25. The SMILES string of the molecule is O=C(c1cccc(F)c1)N(Cc1ccc(F)cc1)CC1CC(c2ccc(F)cc2)=NO1. The Morgan fingerprint density at radius 2 is 1.61 bits per heavy atom. The van der Waals surface area contributed by atoms with Gasteiger partial charge in [0, 0.05) is 18.5 Å². The second-order valence-corrected chi connectivity index (χ2v) is 7.30. The van der Waals surface area contributed by atoms with Crippen LogP contribution in [0.2, 0.25) is 0 Å². The van der Waals surface area contributed by atoms with E-state index in [0.717, 1.165) is 11.1 Å². The Morgan fingerprint density at radius 1 is 0.935 bits per heavy atom. The van der Waals surface area contributed by atoms with Crippen LogP contribution in [0.5, 0.6) is 0 Å². The van der Waals surface area contributed by atoms with Crippen LogP contribution in [0, 0.1) is 17.5 Å². The third kappa shape index (κ3) is 5.12. The third-order valence-electron chi connectivity index (χ3n) is 4.98. The Kier molecular flexibility index (Phi) is 6.02. The van der Waals surface area contributed by atoms with Crippen molar-refractivity contribution in [3.05, 3.63) is 107 Å². The maximum absolute atomic E-state index is 13.7. The van der Waals surface area contributed by atoms with Crippen LogP contribution in [-0.4, -0.2) is 29.2 Å². The average molecular weight is 424 g/mol. The summed E-state index contributed by atoms with van der Waals surface area (Å²) >= 11 is 0. The molecule has 0 aromatic heterocycles. The van der Waals surface area contributed by atoms with Crippen LogP contribution in [-0.2, 0) is 11.4 Å². The molecule has 0 aliphatic carbocycles. The number of amides is 1. The molecule has 158 valence electrons. The first kappa shape index (κ1) is 20.7. The Bertz CT molecular complexity index is 1100. The largest absolute Gasteiger partial charge is 0.390 e. The number of benzene rings is 3. The van der Waals surface area contributed by atoms with E-state index in [9.17, 15) is 18.0 Å². The van der Waals surface area contributed by atoms with E-state index in [4.69, 9.17) is 4.84 Å². The standard InChI is InChI=1S/C24H19F3N2O2/c25-19-8-4-16(5-9-19)14-29(24(30)18-2-1-3-21(27)12-18)15-22-13-23(28-31-22)17-6-10-20(26)11-7-17/h1-12,22H,13-15H2. The van der Waals surface area contributed by atoms with Crippen LogP contribution in [0.3, 0.4) is 0 Å². The van der Waals surface area contributed by atoms with E-state index in [0.29, 0.717) is 12.1 Å². The first-order valence-corrected chi connectivity index (χ1v) is 9.76. The summed E-state index contributed by atoms with van der Waals surface area (Å²) in [6.07, 6.45) is 0.0140. The van der Waals surface area contributed by atoms with Gasteiger partial charge in [0.25, 0.3) is 5.91 Å². The Morgan fingerprint density at radius 3 is 2.29 bits per heavy atom. The molecule has 7 heteroatoms. The summed E-state index contributed by atoms with van der Waals surface area (Å²) in [7, 11) is 0. The minimum Gasteiger partial charge on any atom is -0.390 e. The second kappa shape index (κ2) is 9.04. The van der Waals surface area contributed by atoms with E-state index in [2.05, 4.69) is 5.16 Å². The molecule has 1 amide bonds. The van der Waals surface area contributed by atoms with Crippen molar-refractivity contribution < 1.29 is 22.8 Å². The molecule has 1 unspecified atom stereocenters. The van der Waals surface area contributed by atoms with Crippen molar-refractivity contribution in [1.82, 2.24) is 4.90 Å². The molecule has 1 aliphatic rings. The van der Waals surface area contributed by atoms with E-state index >= 15 is 0 Å². The fourth-order valence-corrected chi connectivity index (χ4v) is 3.42.